The molecule has 4 heterocycles. The molecule has 4 aromatic carbocycles. The van der Waals surface area contributed by atoms with E-state index in [1.807, 2.05) is 84.1 Å². The number of aromatic nitrogens is 1. The molecule has 0 unspecified atom stereocenters. The van der Waals surface area contributed by atoms with Crippen molar-refractivity contribution in [3.05, 3.63) is 142 Å². The number of carbonyl (C=O) groups is 3. The van der Waals surface area contributed by atoms with E-state index in [1.54, 1.807) is 11.9 Å². The third-order valence-electron chi connectivity index (χ3n) is 11.9. The van der Waals surface area contributed by atoms with Crippen LogP contribution in [-0.4, -0.2) is 89.7 Å². The summed E-state index contributed by atoms with van der Waals surface area (Å²) in [7, 11) is 3.64. The molecule has 0 bridgehead atoms. The van der Waals surface area contributed by atoms with Crippen LogP contribution in [0.15, 0.2) is 97.1 Å². The first-order valence-electron chi connectivity index (χ1n) is 19.8. The highest BCUT2D eigenvalue weighted by Crippen LogP contribution is 2.36. The Morgan fingerprint density at radius 2 is 1.51 bits per heavy atom. The molecule has 3 aliphatic heterocycles. The van der Waals surface area contributed by atoms with Crippen LogP contribution in [0.3, 0.4) is 0 Å². The molecule has 5 aromatic rings. The van der Waals surface area contributed by atoms with E-state index < -0.39 is 17.8 Å². The van der Waals surface area contributed by atoms with Gasteiger partial charge >= 0.3 is 12.3 Å². The Bertz CT molecular complexity index is 2370. The summed E-state index contributed by atoms with van der Waals surface area (Å²) in [6, 6.07) is 27.3. The van der Waals surface area contributed by atoms with E-state index in [9.17, 15) is 22.8 Å². The van der Waals surface area contributed by atoms with Crippen molar-refractivity contribution in [1.82, 2.24) is 19.3 Å². The Morgan fingerprint density at radius 1 is 0.814 bits per heavy atom. The van der Waals surface area contributed by atoms with E-state index in [-0.39, 0.29) is 30.2 Å². The number of carbonyl (C=O) groups excluding carboxylic acids is 3. The summed E-state index contributed by atoms with van der Waals surface area (Å²) in [6.45, 7) is 6.25. The topological polar surface area (TPSA) is 87.6 Å². The zero-order valence-electron chi connectivity index (χ0n) is 33.3. The lowest BCUT2D eigenvalue weighted by molar-refractivity contribution is -0.137. The van der Waals surface area contributed by atoms with Gasteiger partial charge in [-0.15, -0.1) is 0 Å². The SMILES string of the molecule is Cc1c(C(=O)N(C)c2ccccc2)cc(-c2cc3c(cc2C(=O)N2Cc4ccccc4C[C@H]2CN2CCOCC2)CN(C(=O)Oc2ccc(C(F)(F)F)cc2)CC3)n1C. The first kappa shape index (κ1) is 39.9. The Kier molecular flexibility index (Phi) is 11.1. The van der Waals surface area contributed by atoms with Crippen molar-refractivity contribution >= 4 is 23.6 Å². The molecule has 3 aliphatic rings. The average molecular weight is 806 g/mol. The molecule has 8 rings (SSSR count). The first-order valence-corrected chi connectivity index (χ1v) is 19.8. The Balaban J connectivity index is 1.16. The van der Waals surface area contributed by atoms with Crippen molar-refractivity contribution in [2.24, 2.45) is 7.05 Å². The number of para-hydroxylation sites is 1. The number of hydrogen-bond acceptors (Lipinski definition) is 6. The smallest absolute Gasteiger partial charge is 0.410 e. The average Bonchev–Trinajstić information content (AvgIpc) is 3.55. The van der Waals surface area contributed by atoms with Gasteiger partial charge < -0.3 is 28.7 Å². The van der Waals surface area contributed by atoms with Crippen molar-refractivity contribution in [3.8, 4) is 17.0 Å². The third kappa shape index (κ3) is 8.22. The molecule has 10 nitrogen and oxygen atoms in total. The van der Waals surface area contributed by atoms with Crippen LogP contribution >= 0.6 is 0 Å². The molecule has 0 spiro atoms. The van der Waals surface area contributed by atoms with Crippen molar-refractivity contribution in [2.75, 3.05) is 51.3 Å². The van der Waals surface area contributed by atoms with Gasteiger partial charge in [-0.1, -0.05) is 42.5 Å². The van der Waals surface area contributed by atoms with E-state index in [0.29, 0.717) is 68.1 Å². The number of alkyl halides is 3. The van der Waals surface area contributed by atoms with Gasteiger partial charge in [-0.2, -0.15) is 13.2 Å². The van der Waals surface area contributed by atoms with Crippen LogP contribution in [0.5, 0.6) is 5.75 Å². The maximum atomic E-state index is 15.3. The zero-order chi connectivity index (χ0) is 41.4. The molecule has 1 fully saturated rings. The number of benzene rings is 4. The fraction of sp³-hybridized carbons (Fsp3) is 0.326. The minimum atomic E-state index is -4.51. The molecule has 13 heteroatoms. The number of amides is 3. The number of halogens is 3. The monoisotopic (exact) mass is 805 g/mol. The highest BCUT2D eigenvalue weighted by molar-refractivity contribution is 6.08. The number of nitrogens with zero attached hydrogens (tertiary/aromatic N) is 5. The number of fused-ring (bicyclic) bond motifs is 2. The molecule has 1 atom stereocenters. The van der Waals surface area contributed by atoms with Gasteiger partial charge in [0.1, 0.15) is 5.75 Å². The van der Waals surface area contributed by atoms with Crippen molar-refractivity contribution in [1.29, 1.82) is 0 Å². The molecule has 0 radical (unpaired) electrons. The normalized spacial score (nSPS) is 16.9. The van der Waals surface area contributed by atoms with Crippen LogP contribution in [0.1, 0.15) is 54.2 Å². The number of anilines is 1. The zero-order valence-corrected chi connectivity index (χ0v) is 33.3. The van der Waals surface area contributed by atoms with Crippen LogP contribution < -0.4 is 9.64 Å². The van der Waals surface area contributed by atoms with Crippen molar-refractivity contribution in [3.63, 3.8) is 0 Å². The molecule has 3 amide bonds. The summed E-state index contributed by atoms with van der Waals surface area (Å²) >= 11 is 0. The molecule has 59 heavy (non-hydrogen) atoms. The summed E-state index contributed by atoms with van der Waals surface area (Å²) in [5, 5.41) is 0. The van der Waals surface area contributed by atoms with Crippen molar-refractivity contribution in [2.45, 2.75) is 45.1 Å². The first-order chi connectivity index (χ1) is 28.4. The summed E-state index contributed by atoms with van der Waals surface area (Å²) in [5.41, 5.74) is 7.03. The van der Waals surface area contributed by atoms with Gasteiger partial charge in [0, 0.05) is 87.6 Å². The van der Waals surface area contributed by atoms with Gasteiger partial charge in [0.25, 0.3) is 11.8 Å². The van der Waals surface area contributed by atoms with Gasteiger partial charge in [0.2, 0.25) is 0 Å². The summed E-state index contributed by atoms with van der Waals surface area (Å²) in [4.78, 5) is 50.2. The Morgan fingerprint density at radius 3 is 2.22 bits per heavy atom. The standard InChI is InChI=1S/C46H46F3N5O5/c1-30-39(43(55)51(3)36-11-5-4-6-12-36)26-42(50(30)2)40-24-32-17-18-53(45(57)59-38-15-13-35(14-16-38)46(47,48)49)27-34(32)25-41(40)44(56)54-28-33-10-8-7-9-31(33)23-37(54)29-52-19-21-58-22-20-52/h4-16,24-26,37H,17-23,27-29H2,1-3H3/t37-/m0/s1. The van der Waals surface area contributed by atoms with Gasteiger partial charge in [-0.25, -0.2) is 4.79 Å². The molecule has 0 aliphatic carbocycles. The van der Waals surface area contributed by atoms with Crippen LogP contribution in [-0.2, 0) is 43.9 Å². The lowest BCUT2D eigenvalue weighted by atomic mass is 9.89. The van der Waals surface area contributed by atoms with Gasteiger partial charge in [0.15, 0.2) is 0 Å². The fourth-order valence-electron chi connectivity index (χ4n) is 8.38. The van der Waals surface area contributed by atoms with Crippen LogP contribution in [0.25, 0.3) is 11.3 Å². The fourth-order valence-corrected chi connectivity index (χ4v) is 8.38. The number of hydrogen-bond donors (Lipinski definition) is 0. The Labute approximate surface area is 341 Å². The van der Waals surface area contributed by atoms with Crippen LogP contribution in [0.4, 0.5) is 23.7 Å². The second kappa shape index (κ2) is 16.4. The molecular formula is C46H46F3N5O5. The second-order valence-corrected chi connectivity index (χ2v) is 15.5. The minimum absolute atomic E-state index is 0.000889. The number of rotatable bonds is 7. The maximum absolute atomic E-state index is 15.3. The van der Waals surface area contributed by atoms with Crippen molar-refractivity contribution < 1.29 is 37.0 Å². The van der Waals surface area contributed by atoms with E-state index in [1.165, 1.54) is 10.5 Å². The molecule has 0 N–H and O–H groups in total. The highest BCUT2D eigenvalue weighted by Gasteiger charge is 2.36. The lowest BCUT2D eigenvalue weighted by Crippen LogP contribution is -2.52. The summed E-state index contributed by atoms with van der Waals surface area (Å²) < 4.78 is 52.6. The summed E-state index contributed by atoms with van der Waals surface area (Å²) in [6.07, 6.45) is -4.08. The molecular weight excluding hydrogens is 760 g/mol. The summed E-state index contributed by atoms with van der Waals surface area (Å²) in [5.74, 6) is -0.339. The maximum Gasteiger partial charge on any atom is 0.416 e. The van der Waals surface area contributed by atoms with Crippen LogP contribution in [0, 0.1) is 6.92 Å². The Hall–Kier alpha value is -5.92. The highest BCUT2D eigenvalue weighted by atomic mass is 19.4. The molecule has 1 aromatic heterocycles. The second-order valence-electron chi connectivity index (χ2n) is 15.5. The largest absolute Gasteiger partial charge is 0.416 e. The molecule has 306 valence electrons. The van der Waals surface area contributed by atoms with Gasteiger partial charge in [0.05, 0.1) is 24.3 Å². The van der Waals surface area contributed by atoms with E-state index in [2.05, 4.69) is 17.0 Å². The van der Waals surface area contributed by atoms with Gasteiger partial charge in [-0.05, 0) is 96.6 Å². The quantitative estimate of drug-likeness (QED) is 0.167. The predicted molar refractivity (Wildman–Crippen MR) is 217 cm³/mol. The molecule has 1 saturated heterocycles. The van der Waals surface area contributed by atoms with Gasteiger partial charge in [-0.3, -0.25) is 14.5 Å². The van der Waals surface area contributed by atoms with Crippen LogP contribution in [0.2, 0.25) is 0 Å². The van der Waals surface area contributed by atoms with E-state index in [0.717, 1.165) is 65.4 Å². The number of ether oxygens (including phenoxy) is 2. The van der Waals surface area contributed by atoms with E-state index >= 15 is 4.79 Å². The molecule has 0 saturated carbocycles. The lowest BCUT2D eigenvalue weighted by Gasteiger charge is -2.41. The predicted octanol–water partition coefficient (Wildman–Crippen LogP) is 7.75. The third-order valence-corrected chi connectivity index (χ3v) is 11.9. The number of morpholine rings is 1. The van der Waals surface area contributed by atoms with E-state index in [4.69, 9.17) is 9.47 Å². The minimum Gasteiger partial charge on any atom is -0.410 e.